The number of nitrogen functional groups attached to an aromatic ring is 1. The van der Waals surface area contributed by atoms with Crippen molar-refractivity contribution >= 4 is 16.8 Å². The van der Waals surface area contributed by atoms with E-state index in [2.05, 4.69) is 0 Å². The lowest BCUT2D eigenvalue weighted by Gasteiger charge is -2.10. The van der Waals surface area contributed by atoms with Crippen LogP contribution >= 0.6 is 0 Å². The Kier molecular flexibility index (Phi) is 3.17. The average molecular weight is 284 g/mol. The Morgan fingerprint density at radius 3 is 2.81 bits per heavy atom. The van der Waals surface area contributed by atoms with Crippen molar-refractivity contribution in [3.8, 4) is 5.75 Å². The van der Waals surface area contributed by atoms with Crippen molar-refractivity contribution in [2.45, 2.75) is 13.5 Å². The largest absolute Gasteiger partial charge is 0.496 e. The molecule has 2 N–H and O–H groups in total. The molecular weight excluding hydrogens is 268 g/mol. The number of fused-ring (bicyclic) bond motifs is 1. The van der Waals surface area contributed by atoms with Crippen LogP contribution in [0.2, 0.25) is 0 Å². The van der Waals surface area contributed by atoms with E-state index >= 15 is 0 Å². The molecule has 21 heavy (non-hydrogen) atoms. The zero-order chi connectivity index (χ0) is 15.0. The summed E-state index contributed by atoms with van der Waals surface area (Å²) in [5.74, 6) is 0.338. The number of nitrogens with two attached hydrogens (primary N) is 1. The summed E-state index contributed by atoms with van der Waals surface area (Å²) in [7, 11) is 1.61. The summed E-state index contributed by atoms with van der Waals surface area (Å²) >= 11 is 0. The third kappa shape index (κ3) is 2.38. The minimum absolute atomic E-state index is 0.375. The number of oxazole rings is 1. The summed E-state index contributed by atoms with van der Waals surface area (Å²) in [6, 6.07) is 11.0. The molecule has 1 aromatic heterocycles. The Morgan fingerprint density at radius 2 is 2.05 bits per heavy atom. The second kappa shape index (κ2) is 5.01. The van der Waals surface area contributed by atoms with Crippen molar-refractivity contribution in [3.05, 3.63) is 58.1 Å². The molecule has 0 fully saturated rings. The number of hydrogen-bond donors (Lipinski definition) is 1. The van der Waals surface area contributed by atoms with Crippen LogP contribution in [0.3, 0.4) is 0 Å². The molecule has 1 heterocycles. The smallest absolute Gasteiger partial charge is 0.420 e. The molecule has 0 bridgehead atoms. The lowest BCUT2D eigenvalue weighted by atomic mass is 10.1. The number of methoxy groups -OCH3 is 1. The standard InChI is InChI=1S/C16H16N2O3/c1-10-3-5-14(20-2)11(7-10)9-18-13-8-12(17)4-6-15(13)21-16(18)19/h3-8H,9,17H2,1-2H3. The second-order valence-electron chi connectivity index (χ2n) is 5.00. The van der Waals surface area contributed by atoms with Crippen molar-refractivity contribution < 1.29 is 9.15 Å². The first-order valence-electron chi connectivity index (χ1n) is 6.61. The van der Waals surface area contributed by atoms with Gasteiger partial charge in [0, 0.05) is 11.3 Å². The van der Waals surface area contributed by atoms with Crippen LogP contribution in [-0.2, 0) is 6.54 Å². The van der Waals surface area contributed by atoms with Gasteiger partial charge in [-0.15, -0.1) is 0 Å². The van der Waals surface area contributed by atoms with E-state index in [0.29, 0.717) is 23.3 Å². The quantitative estimate of drug-likeness (QED) is 0.750. The third-order valence-corrected chi connectivity index (χ3v) is 3.46. The monoisotopic (exact) mass is 284 g/mol. The molecular formula is C16H16N2O3. The van der Waals surface area contributed by atoms with Crippen LogP contribution in [-0.4, -0.2) is 11.7 Å². The lowest BCUT2D eigenvalue weighted by Crippen LogP contribution is -2.15. The Labute approximate surface area is 121 Å². The molecule has 0 unspecified atom stereocenters. The highest BCUT2D eigenvalue weighted by molar-refractivity contribution is 5.77. The lowest BCUT2D eigenvalue weighted by molar-refractivity contribution is 0.407. The van der Waals surface area contributed by atoms with Crippen LogP contribution in [0.15, 0.2) is 45.6 Å². The van der Waals surface area contributed by atoms with Crippen LogP contribution in [0.5, 0.6) is 5.75 Å². The molecule has 0 amide bonds. The van der Waals surface area contributed by atoms with E-state index in [1.165, 1.54) is 0 Å². The summed E-state index contributed by atoms with van der Waals surface area (Å²) in [4.78, 5) is 12.1. The van der Waals surface area contributed by atoms with E-state index < -0.39 is 5.76 Å². The summed E-state index contributed by atoms with van der Waals surface area (Å²) in [5, 5.41) is 0. The van der Waals surface area contributed by atoms with Crippen molar-refractivity contribution in [2.24, 2.45) is 0 Å². The predicted molar refractivity (Wildman–Crippen MR) is 81.7 cm³/mol. The van der Waals surface area contributed by atoms with Crippen molar-refractivity contribution in [2.75, 3.05) is 12.8 Å². The maximum absolute atomic E-state index is 12.1. The molecule has 5 heteroatoms. The fraction of sp³-hybridized carbons (Fsp3) is 0.188. The SMILES string of the molecule is COc1ccc(C)cc1Cn1c(=O)oc2ccc(N)cc21. The minimum atomic E-state index is -0.404. The van der Waals surface area contributed by atoms with E-state index in [1.54, 1.807) is 29.9 Å². The van der Waals surface area contributed by atoms with Gasteiger partial charge >= 0.3 is 5.76 Å². The first-order chi connectivity index (χ1) is 10.1. The summed E-state index contributed by atoms with van der Waals surface area (Å²) in [5.41, 5.74) is 9.62. The van der Waals surface area contributed by atoms with Gasteiger partial charge < -0.3 is 14.9 Å². The number of anilines is 1. The first-order valence-corrected chi connectivity index (χ1v) is 6.61. The molecule has 0 aliphatic carbocycles. The van der Waals surface area contributed by atoms with Gasteiger partial charge in [-0.1, -0.05) is 17.7 Å². The van der Waals surface area contributed by atoms with Crippen LogP contribution < -0.4 is 16.2 Å². The van der Waals surface area contributed by atoms with Crippen LogP contribution in [0.4, 0.5) is 5.69 Å². The van der Waals surface area contributed by atoms with Crippen LogP contribution in [0, 0.1) is 6.92 Å². The van der Waals surface area contributed by atoms with Gasteiger partial charge in [0.05, 0.1) is 19.2 Å². The van der Waals surface area contributed by atoms with E-state index in [-0.39, 0.29) is 0 Å². The van der Waals surface area contributed by atoms with Crippen LogP contribution in [0.1, 0.15) is 11.1 Å². The maximum Gasteiger partial charge on any atom is 0.420 e. The fourth-order valence-electron chi connectivity index (χ4n) is 2.43. The first kappa shape index (κ1) is 13.3. The molecule has 0 saturated carbocycles. The highest BCUT2D eigenvalue weighted by atomic mass is 16.5. The number of aryl methyl sites for hydroxylation is 1. The van der Waals surface area contributed by atoms with Gasteiger partial charge in [0.15, 0.2) is 5.58 Å². The van der Waals surface area contributed by atoms with Crippen molar-refractivity contribution in [3.63, 3.8) is 0 Å². The Bertz CT molecular complexity index is 862. The molecule has 0 saturated heterocycles. The van der Waals surface area contributed by atoms with Crippen molar-refractivity contribution in [1.82, 2.24) is 4.57 Å². The maximum atomic E-state index is 12.1. The summed E-state index contributed by atoms with van der Waals surface area (Å²) in [6.45, 7) is 2.37. The van der Waals surface area contributed by atoms with E-state index in [0.717, 1.165) is 16.9 Å². The van der Waals surface area contributed by atoms with Gasteiger partial charge in [0.2, 0.25) is 0 Å². The summed E-state index contributed by atoms with van der Waals surface area (Å²) in [6.07, 6.45) is 0. The zero-order valence-electron chi connectivity index (χ0n) is 11.9. The Hall–Kier alpha value is -2.69. The molecule has 0 aliphatic heterocycles. The van der Waals surface area contributed by atoms with Gasteiger partial charge in [0.1, 0.15) is 5.75 Å². The number of benzene rings is 2. The number of ether oxygens (including phenoxy) is 1. The summed E-state index contributed by atoms with van der Waals surface area (Å²) < 4.78 is 12.2. The van der Waals surface area contributed by atoms with E-state index in [9.17, 15) is 4.79 Å². The number of nitrogens with zero attached hydrogens (tertiary/aromatic N) is 1. The molecule has 5 nitrogen and oxygen atoms in total. The molecule has 0 spiro atoms. The third-order valence-electron chi connectivity index (χ3n) is 3.46. The normalized spacial score (nSPS) is 11.0. The van der Waals surface area contributed by atoms with Crippen LogP contribution in [0.25, 0.3) is 11.1 Å². The molecule has 0 aliphatic rings. The highest BCUT2D eigenvalue weighted by Crippen LogP contribution is 2.23. The molecule has 3 aromatic rings. The zero-order valence-corrected chi connectivity index (χ0v) is 11.9. The fourth-order valence-corrected chi connectivity index (χ4v) is 2.43. The predicted octanol–water partition coefficient (Wildman–Crippen LogP) is 2.54. The van der Waals surface area contributed by atoms with Gasteiger partial charge in [-0.3, -0.25) is 4.57 Å². The highest BCUT2D eigenvalue weighted by Gasteiger charge is 2.12. The molecule has 3 rings (SSSR count). The molecule has 0 atom stereocenters. The Balaban J connectivity index is 2.14. The van der Waals surface area contributed by atoms with E-state index in [1.807, 2.05) is 25.1 Å². The van der Waals surface area contributed by atoms with Crippen molar-refractivity contribution in [1.29, 1.82) is 0 Å². The van der Waals surface area contributed by atoms with Gasteiger partial charge in [-0.05, 0) is 31.2 Å². The van der Waals surface area contributed by atoms with Gasteiger partial charge in [-0.25, -0.2) is 4.79 Å². The second-order valence-corrected chi connectivity index (χ2v) is 5.00. The van der Waals surface area contributed by atoms with E-state index in [4.69, 9.17) is 14.9 Å². The number of hydrogen-bond acceptors (Lipinski definition) is 4. The minimum Gasteiger partial charge on any atom is -0.496 e. The average Bonchev–Trinajstić information content (AvgIpc) is 2.75. The molecule has 0 radical (unpaired) electrons. The topological polar surface area (TPSA) is 70.4 Å². The van der Waals surface area contributed by atoms with Gasteiger partial charge in [-0.2, -0.15) is 0 Å². The number of aromatic nitrogens is 1. The molecule has 108 valence electrons. The van der Waals surface area contributed by atoms with Gasteiger partial charge in [0.25, 0.3) is 0 Å². The molecule has 2 aromatic carbocycles. The Morgan fingerprint density at radius 1 is 1.24 bits per heavy atom. The number of rotatable bonds is 3.